The fourth-order valence-corrected chi connectivity index (χ4v) is 2.39. The Bertz CT molecular complexity index is 529. The van der Waals surface area contributed by atoms with Crippen molar-refractivity contribution in [3.63, 3.8) is 0 Å². The van der Waals surface area contributed by atoms with Crippen LogP contribution in [0.25, 0.3) is 11.2 Å². The van der Waals surface area contributed by atoms with Crippen molar-refractivity contribution in [2.45, 2.75) is 12.4 Å². The van der Waals surface area contributed by atoms with Crippen molar-refractivity contribution in [2.75, 3.05) is 12.0 Å². The van der Waals surface area contributed by atoms with Gasteiger partial charge in [-0.25, -0.2) is 9.97 Å². The topological polar surface area (TPSA) is 53.8 Å². The molecule has 0 aliphatic carbocycles. The molecule has 0 aliphatic rings. The summed E-state index contributed by atoms with van der Waals surface area (Å²) in [6.07, 6.45) is 3.24. The molecule has 0 fully saturated rings. The van der Waals surface area contributed by atoms with Gasteiger partial charge in [0.1, 0.15) is 17.1 Å². The van der Waals surface area contributed by atoms with Gasteiger partial charge in [-0.15, -0.1) is 11.6 Å². The molecule has 2 aromatic rings. The zero-order valence-corrected chi connectivity index (χ0v) is 11.5. The third-order valence-corrected chi connectivity index (χ3v) is 3.56. The van der Waals surface area contributed by atoms with Gasteiger partial charge in [-0.05, 0) is 6.07 Å². The van der Waals surface area contributed by atoms with Gasteiger partial charge in [0.15, 0.2) is 5.65 Å². The van der Waals surface area contributed by atoms with Crippen LogP contribution >= 0.6 is 23.2 Å². The lowest BCUT2D eigenvalue weighted by Gasteiger charge is -2.08. The van der Waals surface area contributed by atoms with E-state index in [1.165, 1.54) is 0 Å². The maximum absolute atomic E-state index is 11.1. The van der Waals surface area contributed by atoms with Crippen LogP contribution in [0.5, 0.6) is 0 Å². The van der Waals surface area contributed by atoms with Gasteiger partial charge in [-0.1, -0.05) is 22.8 Å². The van der Waals surface area contributed by atoms with E-state index < -0.39 is 11.2 Å². The number of hydrogen-bond donors (Lipinski definition) is 0. The van der Waals surface area contributed by atoms with Crippen LogP contribution in [0.1, 0.15) is 5.82 Å². The van der Waals surface area contributed by atoms with Crippen LogP contribution in [0.2, 0.25) is 5.02 Å². The van der Waals surface area contributed by atoms with Crippen LogP contribution in [0.4, 0.5) is 0 Å². The van der Waals surface area contributed by atoms with Gasteiger partial charge >= 0.3 is 0 Å². The number of aryl methyl sites for hydroxylation is 1. The number of halogens is 2. The molecule has 2 rings (SSSR count). The van der Waals surface area contributed by atoms with E-state index in [2.05, 4.69) is 9.97 Å². The molecule has 0 radical (unpaired) electrons. The lowest BCUT2D eigenvalue weighted by atomic mass is 10.4. The predicted molar refractivity (Wildman–Crippen MR) is 71.0 cm³/mol. The molecule has 92 valence electrons. The minimum atomic E-state index is -0.853. The largest absolute Gasteiger partial charge is 0.617 e. The van der Waals surface area contributed by atoms with E-state index in [0.29, 0.717) is 23.2 Å². The number of hydrogen-bond acceptors (Lipinski definition) is 3. The molecule has 2 aromatic heterocycles. The van der Waals surface area contributed by atoms with E-state index in [9.17, 15) is 4.55 Å². The van der Waals surface area contributed by atoms with Gasteiger partial charge in [0, 0.05) is 6.20 Å². The van der Waals surface area contributed by atoms with Gasteiger partial charge in [0.2, 0.25) is 0 Å². The van der Waals surface area contributed by atoms with Crippen molar-refractivity contribution >= 4 is 45.5 Å². The highest BCUT2D eigenvalue weighted by molar-refractivity contribution is 7.90. The molecule has 1 unspecified atom stereocenters. The summed E-state index contributed by atoms with van der Waals surface area (Å²) in [5.74, 6) is 1.58. The zero-order valence-electron chi connectivity index (χ0n) is 9.19. The highest BCUT2D eigenvalue weighted by Gasteiger charge is 2.12. The van der Waals surface area contributed by atoms with Gasteiger partial charge < -0.3 is 9.12 Å². The molecule has 17 heavy (non-hydrogen) atoms. The highest BCUT2D eigenvalue weighted by Crippen LogP contribution is 2.19. The smallest absolute Gasteiger partial charge is 0.160 e. The van der Waals surface area contributed by atoms with Crippen LogP contribution < -0.4 is 0 Å². The molecule has 0 bridgehead atoms. The fourth-order valence-electron chi connectivity index (χ4n) is 1.59. The van der Waals surface area contributed by atoms with E-state index in [1.807, 2.05) is 4.57 Å². The molecule has 0 aromatic carbocycles. The maximum Gasteiger partial charge on any atom is 0.160 e. The molecule has 4 nitrogen and oxygen atoms in total. The minimum Gasteiger partial charge on any atom is -0.617 e. The Hall–Kier alpha value is -0.490. The van der Waals surface area contributed by atoms with Crippen molar-refractivity contribution in [2.24, 2.45) is 0 Å². The predicted octanol–water partition coefficient (Wildman–Crippen LogP) is 2.20. The van der Waals surface area contributed by atoms with Gasteiger partial charge in [-0.3, -0.25) is 0 Å². The summed E-state index contributed by atoms with van der Waals surface area (Å²) in [5, 5.41) is 0.544. The molecule has 0 aliphatic heterocycles. The van der Waals surface area contributed by atoms with E-state index in [-0.39, 0.29) is 0 Å². The quantitative estimate of drug-likeness (QED) is 0.641. The average molecular weight is 292 g/mol. The fraction of sp³-hybridized carbons (Fsp3) is 0.400. The first-order valence-electron chi connectivity index (χ1n) is 4.98. The number of aromatic nitrogens is 3. The normalized spacial score (nSPS) is 13.2. The molecule has 0 saturated heterocycles. The zero-order chi connectivity index (χ0) is 12.4. The number of fused-ring (bicyclic) bond motifs is 1. The summed E-state index contributed by atoms with van der Waals surface area (Å²) >= 11 is 10.8. The van der Waals surface area contributed by atoms with Gasteiger partial charge in [-0.2, -0.15) is 0 Å². The first-order chi connectivity index (χ1) is 8.11. The van der Waals surface area contributed by atoms with Crippen molar-refractivity contribution < 1.29 is 4.55 Å². The van der Waals surface area contributed by atoms with Crippen molar-refractivity contribution in [3.05, 3.63) is 23.1 Å². The van der Waals surface area contributed by atoms with Gasteiger partial charge in [0.25, 0.3) is 0 Å². The second-order valence-electron chi connectivity index (χ2n) is 3.59. The molecule has 0 spiro atoms. The third-order valence-electron chi connectivity index (χ3n) is 2.35. The molecular weight excluding hydrogens is 281 g/mol. The lowest BCUT2D eigenvalue weighted by molar-refractivity contribution is 0.593. The maximum atomic E-state index is 11.1. The Kier molecular flexibility index (Phi) is 4.14. The molecule has 0 saturated carbocycles. The van der Waals surface area contributed by atoms with Crippen LogP contribution in [-0.4, -0.2) is 31.1 Å². The number of alkyl halides is 1. The molecular formula is C10H11Cl2N3OS. The average Bonchev–Trinajstić information content (AvgIpc) is 2.63. The summed E-state index contributed by atoms with van der Waals surface area (Å²) < 4.78 is 13.0. The first kappa shape index (κ1) is 13.0. The summed E-state index contributed by atoms with van der Waals surface area (Å²) in [6.45, 7) is 0.594. The summed E-state index contributed by atoms with van der Waals surface area (Å²) in [5.41, 5.74) is 1.45. The van der Waals surface area contributed by atoms with Crippen LogP contribution in [0.3, 0.4) is 0 Å². The third kappa shape index (κ3) is 2.85. The van der Waals surface area contributed by atoms with Crippen molar-refractivity contribution in [1.29, 1.82) is 0 Å². The molecule has 1 atom stereocenters. The second-order valence-corrected chi connectivity index (χ2v) is 5.85. The molecule has 0 amide bonds. The van der Waals surface area contributed by atoms with Crippen LogP contribution in [0, 0.1) is 0 Å². The summed E-state index contributed by atoms with van der Waals surface area (Å²) in [7, 11) is 0. The molecule has 2 heterocycles. The summed E-state index contributed by atoms with van der Waals surface area (Å²) in [4.78, 5) is 8.59. The standard InChI is InChI=1S/C10H11Cl2N3OS/c1-17(16)3-2-15-9(5-11)14-8-4-7(12)6-13-10(8)15/h4,6H,2-3,5H2,1H3. The number of nitrogens with zero attached hydrogens (tertiary/aromatic N) is 3. The SMILES string of the molecule is C[S+]([O-])CCn1c(CCl)nc2cc(Cl)cnc21. The first-order valence-corrected chi connectivity index (χ1v) is 7.62. The van der Waals surface area contributed by atoms with E-state index >= 15 is 0 Å². The highest BCUT2D eigenvalue weighted by atomic mass is 35.5. The molecule has 0 N–H and O–H groups in total. The van der Waals surface area contributed by atoms with Crippen molar-refractivity contribution in [1.82, 2.24) is 14.5 Å². The van der Waals surface area contributed by atoms with E-state index in [4.69, 9.17) is 23.2 Å². The summed E-state index contributed by atoms with van der Waals surface area (Å²) in [6, 6.07) is 1.75. The number of rotatable bonds is 4. The van der Waals surface area contributed by atoms with Crippen LogP contribution in [-0.2, 0) is 23.6 Å². The van der Waals surface area contributed by atoms with Crippen molar-refractivity contribution in [3.8, 4) is 0 Å². The Morgan fingerprint density at radius 3 is 2.94 bits per heavy atom. The Balaban J connectivity index is 2.43. The minimum absolute atomic E-state index is 0.296. The second kappa shape index (κ2) is 5.44. The van der Waals surface area contributed by atoms with Gasteiger partial charge in [0.05, 0.1) is 23.7 Å². The molecule has 7 heteroatoms. The number of pyridine rings is 1. The number of imidazole rings is 1. The van der Waals surface area contributed by atoms with E-state index in [1.54, 1.807) is 18.5 Å². The lowest BCUT2D eigenvalue weighted by Crippen LogP contribution is -2.13. The Morgan fingerprint density at radius 2 is 2.29 bits per heavy atom. The van der Waals surface area contributed by atoms with E-state index in [0.717, 1.165) is 17.0 Å². The Morgan fingerprint density at radius 1 is 1.53 bits per heavy atom. The Labute approximate surface area is 112 Å². The van der Waals surface area contributed by atoms with Crippen LogP contribution in [0.15, 0.2) is 12.3 Å². The monoisotopic (exact) mass is 291 g/mol.